The van der Waals surface area contributed by atoms with Gasteiger partial charge in [-0.25, -0.2) is 0 Å². The molecule has 19 heavy (non-hydrogen) atoms. The van der Waals surface area contributed by atoms with Crippen molar-refractivity contribution in [3.05, 3.63) is 11.9 Å². The van der Waals surface area contributed by atoms with Crippen molar-refractivity contribution < 1.29 is 13.2 Å². The average molecular weight is 277 g/mol. The molecule has 0 bridgehead atoms. The van der Waals surface area contributed by atoms with Crippen LogP contribution in [0.3, 0.4) is 0 Å². The smallest absolute Gasteiger partial charge is 0.329 e. The highest BCUT2D eigenvalue weighted by Crippen LogP contribution is 2.34. The maximum Gasteiger partial charge on any atom is 0.391 e. The lowest BCUT2D eigenvalue weighted by Crippen LogP contribution is -2.38. The molecule has 1 saturated heterocycles. The first-order valence-corrected chi connectivity index (χ1v) is 6.37. The van der Waals surface area contributed by atoms with Gasteiger partial charge in [-0.3, -0.25) is 9.58 Å². The average Bonchev–Trinajstić information content (AvgIpc) is 2.77. The zero-order chi connectivity index (χ0) is 13.9. The quantitative estimate of drug-likeness (QED) is 0.892. The number of piperidine rings is 1. The molecule has 0 aliphatic carbocycles. The van der Waals surface area contributed by atoms with Crippen molar-refractivity contribution in [2.24, 2.45) is 11.7 Å². The third-order valence-electron chi connectivity index (χ3n) is 3.38. The summed E-state index contributed by atoms with van der Waals surface area (Å²) >= 11 is 0. The molecule has 1 fully saturated rings. The summed E-state index contributed by atoms with van der Waals surface area (Å²) < 4.78 is 39.2. The van der Waals surface area contributed by atoms with Crippen molar-refractivity contribution in [3.8, 4) is 0 Å². The Labute approximate surface area is 109 Å². The normalized spacial score (nSPS) is 18.9. The number of hydrogen-bond acceptors (Lipinski definition) is 4. The Hall–Kier alpha value is -1.15. The summed E-state index contributed by atoms with van der Waals surface area (Å²) in [6.45, 7) is 2.54. The molecule has 0 spiro atoms. The number of nitrogens with two attached hydrogens (primary N) is 1. The molecule has 1 aromatic rings. The van der Waals surface area contributed by atoms with Crippen LogP contribution in [-0.2, 0) is 13.1 Å². The topological polar surface area (TPSA) is 60.0 Å². The fraction of sp³-hybridized carbons (Fsp3) is 0.818. The summed E-state index contributed by atoms with van der Waals surface area (Å²) in [4.78, 5) is 1.99. The SMILES string of the molecule is NCCn1cc(CN2CCC(C(F)(F)F)CC2)nn1. The maximum absolute atomic E-state index is 12.5. The third kappa shape index (κ3) is 3.90. The van der Waals surface area contributed by atoms with Crippen LogP contribution in [0, 0.1) is 5.92 Å². The molecule has 0 radical (unpaired) electrons. The van der Waals surface area contributed by atoms with Crippen molar-refractivity contribution in [3.63, 3.8) is 0 Å². The first-order chi connectivity index (χ1) is 8.99. The summed E-state index contributed by atoms with van der Waals surface area (Å²) in [5.41, 5.74) is 6.18. The molecule has 5 nitrogen and oxygen atoms in total. The van der Waals surface area contributed by atoms with E-state index in [1.165, 1.54) is 0 Å². The van der Waals surface area contributed by atoms with E-state index in [1.54, 1.807) is 10.9 Å². The van der Waals surface area contributed by atoms with Gasteiger partial charge in [0.25, 0.3) is 0 Å². The molecule has 1 aliphatic rings. The van der Waals surface area contributed by atoms with Gasteiger partial charge in [0.15, 0.2) is 0 Å². The molecular weight excluding hydrogens is 259 g/mol. The molecule has 1 aromatic heterocycles. The highest BCUT2D eigenvalue weighted by Gasteiger charge is 2.40. The Morgan fingerprint density at radius 2 is 2.00 bits per heavy atom. The highest BCUT2D eigenvalue weighted by atomic mass is 19.4. The molecule has 2 N–H and O–H groups in total. The largest absolute Gasteiger partial charge is 0.391 e. The summed E-state index contributed by atoms with van der Waals surface area (Å²) in [7, 11) is 0. The van der Waals surface area contributed by atoms with Crippen LogP contribution in [0.25, 0.3) is 0 Å². The molecule has 108 valence electrons. The standard InChI is InChI=1S/C11H18F3N5/c12-11(13,14)9-1-4-18(5-2-9)7-10-8-19(6-3-15)17-16-10/h8-9H,1-7,15H2. The highest BCUT2D eigenvalue weighted by molar-refractivity contribution is 4.93. The Morgan fingerprint density at radius 1 is 1.32 bits per heavy atom. The number of aromatic nitrogens is 3. The molecule has 2 heterocycles. The van der Waals surface area contributed by atoms with Crippen molar-refractivity contribution >= 4 is 0 Å². The molecule has 8 heteroatoms. The Balaban J connectivity index is 1.82. The fourth-order valence-electron chi connectivity index (χ4n) is 2.30. The maximum atomic E-state index is 12.5. The Bertz CT molecular complexity index is 395. The van der Waals surface area contributed by atoms with Gasteiger partial charge < -0.3 is 5.73 Å². The van der Waals surface area contributed by atoms with Gasteiger partial charge in [-0.05, 0) is 25.9 Å². The van der Waals surface area contributed by atoms with Gasteiger partial charge in [-0.2, -0.15) is 13.2 Å². The minimum atomic E-state index is -4.06. The first-order valence-electron chi connectivity index (χ1n) is 6.37. The van der Waals surface area contributed by atoms with E-state index in [1.807, 2.05) is 4.90 Å². The van der Waals surface area contributed by atoms with Gasteiger partial charge in [-0.1, -0.05) is 5.21 Å². The monoisotopic (exact) mass is 277 g/mol. The second-order valence-corrected chi connectivity index (χ2v) is 4.85. The molecule has 2 rings (SSSR count). The summed E-state index contributed by atoms with van der Waals surface area (Å²) in [6.07, 6.45) is -1.93. The van der Waals surface area contributed by atoms with Crippen LogP contribution in [0.15, 0.2) is 6.20 Å². The summed E-state index contributed by atoms with van der Waals surface area (Å²) in [5, 5.41) is 7.90. The van der Waals surface area contributed by atoms with Gasteiger partial charge >= 0.3 is 6.18 Å². The van der Waals surface area contributed by atoms with Crippen LogP contribution in [0.1, 0.15) is 18.5 Å². The minimum Gasteiger partial charge on any atom is -0.329 e. The van der Waals surface area contributed by atoms with Gasteiger partial charge in [0, 0.05) is 19.3 Å². The number of rotatable bonds is 4. The van der Waals surface area contributed by atoms with E-state index in [9.17, 15) is 13.2 Å². The van der Waals surface area contributed by atoms with E-state index >= 15 is 0 Å². The van der Waals surface area contributed by atoms with Crippen molar-refractivity contribution in [2.45, 2.75) is 32.1 Å². The van der Waals surface area contributed by atoms with E-state index in [2.05, 4.69) is 10.3 Å². The molecule has 0 aromatic carbocycles. The van der Waals surface area contributed by atoms with Crippen molar-refractivity contribution in [1.29, 1.82) is 0 Å². The van der Waals surface area contributed by atoms with Crippen LogP contribution in [0.5, 0.6) is 0 Å². The molecule has 0 atom stereocenters. The Kier molecular flexibility index (Phi) is 4.41. The predicted octanol–water partition coefficient (Wildman–Crippen LogP) is 1.01. The predicted molar refractivity (Wildman–Crippen MR) is 63.1 cm³/mol. The van der Waals surface area contributed by atoms with Gasteiger partial charge in [0.1, 0.15) is 0 Å². The number of hydrogen-bond donors (Lipinski definition) is 1. The van der Waals surface area contributed by atoms with E-state index in [0.29, 0.717) is 32.7 Å². The van der Waals surface area contributed by atoms with Crippen LogP contribution in [-0.4, -0.2) is 45.7 Å². The van der Waals surface area contributed by atoms with Gasteiger partial charge in [-0.15, -0.1) is 5.10 Å². The zero-order valence-corrected chi connectivity index (χ0v) is 10.6. The number of likely N-dealkylation sites (tertiary alicyclic amines) is 1. The molecule has 0 saturated carbocycles. The number of halogens is 3. The number of alkyl halides is 3. The third-order valence-corrected chi connectivity index (χ3v) is 3.38. The number of nitrogens with zero attached hydrogens (tertiary/aromatic N) is 4. The van der Waals surface area contributed by atoms with Gasteiger partial charge in [0.05, 0.1) is 18.2 Å². The van der Waals surface area contributed by atoms with Crippen LogP contribution < -0.4 is 5.73 Å². The van der Waals surface area contributed by atoms with Crippen molar-refractivity contribution in [1.82, 2.24) is 19.9 Å². The van der Waals surface area contributed by atoms with E-state index in [0.717, 1.165) is 5.69 Å². The lowest BCUT2D eigenvalue weighted by molar-refractivity contribution is -0.185. The minimum absolute atomic E-state index is 0.167. The van der Waals surface area contributed by atoms with Crippen LogP contribution in [0.2, 0.25) is 0 Å². The molecule has 0 amide bonds. The second-order valence-electron chi connectivity index (χ2n) is 4.85. The van der Waals surface area contributed by atoms with Crippen molar-refractivity contribution in [2.75, 3.05) is 19.6 Å². The van der Waals surface area contributed by atoms with Crippen LogP contribution in [0.4, 0.5) is 13.2 Å². The van der Waals surface area contributed by atoms with E-state index < -0.39 is 12.1 Å². The van der Waals surface area contributed by atoms with E-state index in [4.69, 9.17) is 5.73 Å². The Morgan fingerprint density at radius 3 is 2.58 bits per heavy atom. The second kappa shape index (κ2) is 5.87. The van der Waals surface area contributed by atoms with E-state index in [-0.39, 0.29) is 12.8 Å². The first kappa shape index (κ1) is 14.3. The lowest BCUT2D eigenvalue weighted by atomic mass is 9.96. The zero-order valence-electron chi connectivity index (χ0n) is 10.6. The summed E-state index contributed by atoms with van der Waals surface area (Å²) in [5.74, 6) is -1.16. The van der Waals surface area contributed by atoms with Crippen LogP contribution >= 0.6 is 0 Å². The summed E-state index contributed by atoms with van der Waals surface area (Å²) in [6, 6.07) is 0. The fourth-order valence-corrected chi connectivity index (χ4v) is 2.30. The molecule has 0 unspecified atom stereocenters. The lowest BCUT2D eigenvalue weighted by Gasteiger charge is -2.32. The molecule has 1 aliphatic heterocycles. The van der Waals surface area contributed by atoms with Gasteiger partial charge in [0.2, 0.25) is 0 Å². The molecular formula is C11H18F3N5.